The number of rotatable bonds is 6. The van der Waals surface area contributed by atoms with E-state index in [2.05, 4.69) is 16.8 Å². The van der Waals surface area contributed by atoms with E-state index in [1.807, 2.05) is 17.0 Å². The van der Waals surface area contributed by atoms with E-state index in [0.29, 0.717) is 50.1 Å². The first-order valence-corrected chi connectivity index (χ1v) is 10.5. The van der Waals surface area contributed by atoms with Gasteiger partial charge in [0.15, 0.2) is 5.82 Å². The molecule has 8 heteroatoms. The summed E-state index contributed by atoms with van der Waals surface area (Å²) in [6.45, 7) is 4.61. The van der Waals surface area contributed by atoms with Crippen molar-refractivity contribution in [2.75, 3.05) is 49.7 Å². The van der Waals surface area contributed by atoms with Gasteiger partial charge in [-0.15, -0.1) is 0 Å². The zero-order chi connectivity index (χ0) is 21.3. The van der Waals surface area contributed by atoms with Crippen molar-refractivity contribution >= 4 is 23.2 Å². The Labute approximate surface area is 177 Å². The van der Waals surface area contributed by atoms with Gasteiger partial charge in [-0.3, -0.25) is 4.79 Å². The van der Waals surface area contributed by atoms with Gasteiger partial charge in [0.25, 0.3) is 0 Å². The minimum Gasteiger partial charge on any atom is -0.396 e. The van der Waals surface area contributed by atoms with Crippen LogP contribution in [0.5, 0.6) is 0 Å². The Morgan fingerprint density at radius 1 is 1.27 bits per heavy atom. The van der Waals surface area contributed by atoms with Crippen LogP contribution in [0.1, 0.15) is 37.8 Å². The summed E-state index contributed by atoms with van der Waals surface area (Å²) >= 11 is 0. The van der Waals surface area contributed by atoms with E-state index >= 15 is 0 Å². The Bertz CT molecular complexity index is 913. The van der Waals surface area contributed by atoms with Crippen LogP contribution in [-0.4, -0.2) is 60.2 Å². The van der Waals surface area contributed by atoms with Gasteiger partial charge in [-0.05, 0) is 38.0 Å². The SMILES string of the molecule is COCCC(=O)N1CCN(c2nc(C3CC3)c(-c3ccc(N)nc3)cc2N)C[C@H]1C. The predicted octanol–water partition coefficient (Wildman–Crippen LogP) is 2.26. The van der Waals surface area contributed by atoms with Crippen LogP contribution in [0.2, 0.25) is 0 Å². The van der Waals surface area contributed by atoms with E-state index in [1.165, 1.54) is 0 Å². The summed E-state index contributed by atoms with van der Waals surface area (Å²) < 4.78 is 5.04. The first-order chi connectivity index (χ1) is 14.5. The van der Waals surface area contributed by atoms with Gasteiger partial charge in [0.05, 0.1) is 24.4 Å². The molecule has 1 aliphatic carbocycles. The third-order valence-corrected chi connectivity index (χ3v) is 5.89. The third-order valence-electron chi connectivity index (χ3n) is 5.89. The lowest BCUT2D eigenvalue weighted by molar-refractivity contribution is -0.134. The summed E-state index contributed by atoms with van der Waals surface area (Å²) in [7, 11) is 1.62. The van der Waals surface area contributed by atoms with Crippen LogP contribution >= 0.6 is 0 Å². The number of hydrogen-bond acceptors (Lipinski definition) is 7. The van der Waals surface area contributed by atoms with Crippen molar-refractivity contribution in [3.8, 4) is 11.1 Å². The number of hydrogen-bond donors (Lipinski definition) is 2. The van der Waals surface area contributed by atoms with Crippen LogP contribution in [0.25, 0.3) is 11.1 Å². The minimum atomic E-state index is 0.0923. The van der Waals surface area contributed by atoms with E-state index in [9.17, 15) is 4.79 Å². The van der Waals surface area contributed by atoms with Crippen LogP contribution in [0.3, 0.4) is 0 Å². The van der Waals surface area contributed by atoms with Gasteiger partial charge >= 0.3 is 0 Å². The first kappa shape index (κ1) is 20.4. The summed E-state index contributed by atoms with van der Waals surface area (Å²) in [5.41, 5.74) is 16.0. The second-order valence-electron chi connectivity index (χ2n) is 8.20. The highest BCUT2D eigenvalue weighted by Crippen LogP contribution is 2.45. The molecule has 4 rings (SSSR count). The number of aromatic nitrogens is 2. The van der Waals surface area contributed by atoms with Gasteiger partial charge in [-0.25, -0.2) is 9.97 Å². The van der Waals surface area contributed by atoms with Crippen LogP contribution in [0.4, 0.5) is 17.3 Å². The van der Waals surface area contributed by atoms with Crippen molar-refractivity contribution in [3.63, 3.8) is 0 Å². The summed E-state index contributed by atoms with van der Waals surface area (Å²) in [4.78, 5) is 25.8. The molecule has 0 bridgehead atoms. The quantitative estimate of drug-likeness (QED) is 0.751. The number of methoxy groups -OCH3 is 1. The lowest BCUT2D eigenvalue weighted by Gasteiger charge is -2.41. The molecule has 1 aliphatic heterocycles. The molecule has 2 fully saturated rings. The third kappa shape index (κ3) is 4.18. The number of ether oxygens (including phenoxy) is 1. The lowest BCUT2D eigenvalue weighted by atomic mass is 10.0. The highest BCUT2D eigenvalue weighted by molar-refractivity contribution is 5.78. The van der Waals surface area contributed by atoms with Crippen LogP contribution in [0, 0.1) is 0 Å². The average molecular weight is 411 g/mol. The van der Waals surface area contributed by atoms with Crippen molar-refractivity contribution in [1.82, 2.24) is 14.9 Å². The van der Waals surface area contributed by atoms with Crippen molar-refractivity contribution in [3.05, 3.63) is 30.1 Å². The smallest absolute Gasteiger partial charge is 0.225 e. The molecule has 1 saturated heterocycles. The Hall–Kier alpha value is -2.87. The molecule has 30 heavy (non-hydrogen) atoms. The second kappa shape index (κ2) is 8.47. The lowest BCUT2D eigenvalue weighted by Crippen LogP contribution is -2.54. The topological polar surface area (TPSA) is 111 Å². The number of amides is 1. The zero-order valence-corrected chi connectivity index (χ0v) is 17.7. The number of nitrogen functional groups attached to an aromatic ring is 2. The number of piperazine rings is 1. The van der Waals surface area contributed by atoms with E-state index < -0.39 is 0 Å². The molecule has 1 amide bonds. The van der Waals surface area contributed by atoms with Gasteiger partial charge < -0.3 is 26.0 Å². The second-order valence-corrected chi connectivity index (χ2v) is 8.20. The van der Waals surface area contributed by atoms with Gasteiger partial charge in [0, 0.05) is 56.0 Å². The standard InChI is InChI=1S/C22H30N6O2/c1-14-13-27(8-9-28(14)20(29)7-10-30-2)22-18(23)11-17(21(26-22)15-3-4-15)16-5-6-19(24)25-12-16/h5-6,11-12,14-15H,3-4,7-10,13,23H2,1-2H3,(H2,24,25)/t14-/m1/s1. The zero-order valence-electron chi connectivity index (χ0n) is 17.7. The Morgan fingerprint density at radius 2 is 2.07 bits per heavy atom. The van der Waals surface area contributed by atoms with Crippen molar-refractivity contribution < 1.29 is 9.53 Å². The molecule has 0 spiro atoms. The molecule has 8 nitrogen and oxygen atoms in total. The molecule has 4 N–H and O–H groups in total. The number of nitrogens with two attached hydrogens (primary N) is 2. The Morgan fingerprint density at radius 3 is 2.70 bits per heavy atom. The molecule has 2 aromatic rings. The highest BCUT2D eigenvalue weighted by Gasteiger charge is 2.32. The van der Waals surface area contributed by atoms with Gasteiger partial charge in [-0.1, -0.05) is 0 Å². The summed E-state index contributed by atoms with van der Waals surface area (Å²) in [5, 5.41) is 0. The largest absolute Gasteiger partial charge is 0.396 e. The minimum absolute atomic E-state index is 0.0923. The van der Waals surface area contributed by atoms with E-state index in [1.54, 1.807) is 19.4 Å². The van der Waals surface area contributed by atoms with Crippen molar-refractivity contribution in [2.45, 2.75) is 38.1 Å². The monoisotopic (exact) mass is 410 g/mol. The van der Waals surface area contributed by atoms with Crippen LogP contribution in [0.15, 0.2) is 24.4 Å². The number of carbonyl (C=O) groups is 1. The molecule has 0 unspecified atom stereocenters. The van der Waals surface area contributed by atoms with Crippen LogP contribution < -0.4 is 16.4 Å². The maximum Gasteiger partial charge on any atom is 0.225 e. The highest BCUT2D eigenvalue weighted by atomic mass is 16.5. The molecule has 1 atom stereocenters. The van der Waals surface area contributed by atoms with Crippen molar-refractivity contribution in [1.29, 1.82) is 0 Å². The fourth-order valence-electron chi connectivity index (χ4n) is 4.10. The van der Waals surface area contributed by atoms with E-state index in [4.69, 9.17) is 21.2 Å². The van der Waals surface area contributed by atoms with Gasteiger partial charge in [0.1, 0.15) is 5.82 Å². The predicted molar refractivity (Wildman–Crippen MR) is 118 cm³/mol. The number of nitrogens with zero attached hydrogens (tertiary/aromatic N) is 4. The normalized spacial score (nSPS) is 19.2. The molecule has 1 saturated carbocycles. The maximum absolute atomic E-state index is 12.4. The summed E-state index contributed by atoms with van der Waals surface area (Å²) in [6, 6.07) is 5.88. The Balaban J connectivity index is 1.57. The van der Waals surface area contributed by atoms with Crippen molar-refractivity contribution in [2.24, 2.45) is 0 Å². The molecule has 3 heterocycles. The van der Waals surface area contributed by atoms with Crippen LogP contribution in [-0.2, 0) is 9.53 Å². The fourth-order valence-corrected chi connectivity index (χ4v) is 4.10. The summed E-state index contributed by atoms with van der Waals surface area (Å²) in [5.74, 6) is 1.91. The first-order valence-electron chi connectivity index (χ1n) is 10.5. The average Bonchev–Trinajstić information content (AvgIpc) is 3.57. The molecule has 0 radical (unpaired) electrons. The molecular formula is C22H30N6O2. The molecule has 160 valence electrons. The molecular weight excluding hydrogens is 380 g/mol. The Kier molecular flexibility index (Phi) is 5.76. The van der Waals surface area contributed by atoms with E-state index in [0.717, 1.165) is 35.5 Å². The number of carbonyl (C=O) groups excluding carboxylic acids is 1. The maximum atomic E-state index is 12.4. The van der Waals surface area contributed by atoms with E-state index in [-0.39, 0.29) is 11.9 Å². The number of pyridine rings is 2. The van der Waals surface area contributed by atoms with Gasteiger partial charge in [-0.2, -0.15) is 0 Å². The number of anilines is 3. The molecule has 0 aromatic carbocycles. The molecule has 2 aromatic heterocycles. The fraction of sp³-hybridized carbons (Fsp3) is 0.500. The van der Waals surface area contributed by atoms with Gasteiger partial charge in [0.2, 0.25) is 5.91 Å². The summed E-state index contributed by atoms with van der Waals surface area (Å²) in [6.07, 6.45) is 4.48. The molecule has 2 aliphatic rings.